The predicted octanol–water partition coefficient (Wildman–Crippen LogP) is 5.60. The number of carbonyl (C=O) groups excluding carboxylic acids is 1. The van der Waals surface area contributed by atoms with Crippen molar-refractivity contribution in [2.24, 2.45) is 5.73 Å². The maximum atomic E-state index is 11.1. The third-order valence-corrected chi connectivity index (χ3v) is 7.49. The Hall–Kier alpha value is -3.69. The van der Waals surface area contributed by atoms with Crippen molar-refractivity contribution in [1.82, 2.24) is 10.2 Å². The highest BCUT2D eigenvalue weighted by Gasteiger charge is 2.19. The number of thiophene rings is 1. The summed E-state index contributed by atoms with van der Waals surface area (Å²) in [4.78, 5) is 13.3. The first kappa shape index (κ1) is 24.0. The Morgan fingerprint density at radius 1 is 1.19 bits per heavy atom. The van der Waals surface area contributed by atoms with Crippen LogP contribution in [0.2, 0.25) is 0 Å². The van der Waals surface area contributed by atoms with E-state index in [-0.39, 0.29) is 18.8 Å². The Labute approximate surface area is 213 Å². The number of nitrogens with zero attached hydrogens (tertiary/aromatic N) is 2. The molecule has 8 nitrogen and oxygen atoms in total. The number of hydrogen-bond donors (Lipinski definition) is 2. The molecule has 1 fully saturated rings. The third-order valence-electron chi connectivity index (χ3n) is 6.19. The average Bonchev–Trinajstić information content (AvgIpc) is 3.57. The van der Waals surface area contributed by atoms with Gasteiger partial charge < -0.3 is 25.3 Å². The monoisotopic (exact) mass is 504 g/mol. The van der Waals surface area contributed by atoms with E-state index in [2.05, 4.69) is 34.6 Å². The number of primary amides is 1. The summed E-state index contributed by atoms with van der Waals surface area (Å²) in [6.45, 7) is 5.54. The molecular formula is C27H28N4O4S. The SMILES string of the molecule is Cc1nnc(N[C@H](C)c2ccc(-c3ccccc3COC(N)=O)s2)c2cc(OC3CCOC3)ccc12. The second-order valence-corrected chi connectivity index (χ2v) is 9.89. The molecule has 3 N–H and O–H groups in total. The molecule has 5 rings (SSSR count). The second kappa shape index (κ2) is 10.5. The van der Waals surface area contributed by atoms with Gasteiger partial charge in [-0.25, -0.2) is 4.79 Å². The quantitative estimate of drug-likeness (QED) is 0.321. The van der Waals surface area contributed by atoms with Crippen LogP contribution in [0.15, 0.2) is 54.6 Å². The average molecular weight is 505 g/mol. The van der Waals surface area contributed by atoms with Crippen LogP contribution in [0.3, 0.4) is 0 Å². The van der Waals surface area contributed by atoms with E-state index in [9.17, 15) is 4.79 Å². The van der Waals surface area contributed by atoms with E-state index in [4.69, 9.17) is 19.9 Å². The number of aryl methyl sites for hydroxylation is 1. The zero-order chi connectivity index (χ0) is 25.1. The lowest BCUT2D eigenvalue weighted by atomic mass is 10.1. The van der Waals surface area contributed by atoms with Crippen LogP contribution in [0.25, 0.3) is 21.2 Å². The minimum atomic E-state index is -0.786. The zero-order valence-corrected chi connectivity index (χ0v) is 21.0. The number of fused-ring (bicyclic) bond motifs is 1. The molecule has 36 heavy (non-hydrogen) atoms. The fourth-order valence-electron chi connectivity index (χ4n) is 4.29. The van der Waals surface area contributed by atoms with Crippen molar-refractivity contribution in [2.45, 2.75) is 39.0 Å². The molecule has 1 amide bonds. The molecule has 0 spiro atoms. The molecule has 1 saturated heterocycles. The van der Waals surface area contributed by atoms with Crippen molar-refractivity contribution in [2.75, 3.05) is 18.5 Å². The van der Waals surface area contributed by atoms with E-state index in [1.54, 1.807) is 11.3 Å². The fraction of sp³-hybridized carbons (Fsp3) is 0.296. The largest absolute Gasteiger partial charge is 0.488 e. The zero-order valence-electron chi connectivity index (χ0n) is 20.2. The van der Waals surface area contributed by atoms with Gasteiger partial charge in [0.25, 0.3) is 0 Å². The summed E-state index contributed by atoms with van der Waals surface area (Å²) in [6, 6.07) is 18.1. The van der Waals surface area contributed by atoms with Gasteiger partial charge in [-0.2, -0.15) is 5.10 Å². The Morgan fingerprint density at radius 3 is 2.86 bits per heavy atom. The molecule has 0 bridgehead atoms. The number of hydrogen-bond acceptors (Lipinski definition) is 8. The highest BCUT2D eigenvalue weighted by molar-refractivity contribution is 7.15. The molecule has 1 aliphatic rings. The Morgan fingerprint density at radius 2 is 2.06 bits per heavy atom. The lowest BCUT2D eigenvalue weighted by Crippen LogP contribution is -2.15. The van der Waals surface area contributed by atoms with Crippen molar-refractivity contribution in [1.29, 1.82) is 0 Å². The number of anilines is 1. The molecule has 186 valence electrons. The Kier molecular flexibility index (Phi) is 7.02. The van der Waals surface area contributed by atoms with Gasteiger partial charge in [-0.1, -0.05) is 24.3 Å². The lowest BCUT2D eigenvalue weighted by molar-refractivity contribution is 0.141. The highest BCUT2D eigenvalue weighted by atomic mass is 32.1. The number of nitrogens with one attached hydrogen (secondary N) is 1. The molecule has 1 aliphatic heterocycles. The van der Waals surface area contributed by atoms with Gasteiger partial charge in [0.15, 0.2) is 5.82 Å². The minimum absolute atomic E-state index is 0.00852. The molecule has 0 aliphatic carbocycles. The smallest absolute Gasteiger partial charge is 0.404 e. The standard InChI is InChI=1S/C27H28N4O4S/c1-16-21-8-7-19(35-20-11-12-33-15-20)13-23(21)26(31-30-16)29-17(2)24-9-10-25(36-24)22-6-4-3-5-18(22)14-34-27(28)32/h3-10,13,17,20H,11-12,14-15H2,1-2H3,(H2,28,32)(H,29,31)/t17-,20?/m1/s1. The molecule has 0 saturated carbocycles. The summed E-state index contributed by atoms with van der Waals surface area (Å²) >= 11 is 1.67. The molecule has 1 unspecified atom stereocenters. The maximum absolute atomic E-state index is 11.1. The summed E-state index contributed by atoms with van der Waals surface area (Å²) in [5, 5.41) is 14.4. The first-order valence-electron chi connectivity index (χ1n) is 11.9. The van der Waals surface area contributed by atoms with Crippen LogP contribution in [-0.4, -0.2) is 35.6 Å². The summed E-state index contributed by atoms with van der Waals surface area (Å²) in [5.41, 5.74) is 7.94. The topological polar surface area (TPSA) is 109 Å². The molecular weight excluding hydrogens is 476 g/mol. The molecule has 0 radical (unpaired) electrons. The van der Waals surface area contributed by atoms with Crippen LogP contribution >= 0.6 is 11.3 Å². The predicted molar refractivity (Wildman–Crippen MR) is 140 cm³/mol. The fourth-order valence-corrected chi connectivity index (χ4v) is 5.36. The summed E-state index contributed by atoms with van der Waals surface area (Å²) < 4.78 is 16.6. The van der Waals surface area contributed by atoms with Crippen LogP contribution in [0, 0.1) is 6.92 Å². The van der Waals surface area contributed by atoms with E-state index in [1.807, 2.05) is 49.4 Å². The molecule has 2 atom stereocenters. The van der Waals surface area contributed by atoms with Gasteiger partial charge in [0.05, 0.1) is 24.9 Å². The van der Waals surface area contributed by atoms with Crippen LogP contribution < -0.4 is 15.8 Å². The van der Waals surface area contributed by atoms with Gasteiger partial charge in [0.2, 0.25) is 0 Å². The van der Waals surface area contributed by atoms with Crippen molar-refractivity contribution in [3.63, 3.8) is 0 Å². The first-order valence-corrected chi connectivity index (χ1v) is 12.7. The van der Waals surface area contributed by atoms with Crippen LogP contribution in [-0.2, 0) is 16.1 Å². The van der Waals surface area contributed by atoms with Crippen molar-refractivity contribution >= 4 is 34.0 Å². The Bertz CT molecular complexity index is 1380. The normalized spacial score (nSPS) is 16.1. The van der Waals surface area contributed by atoms with Gasteiger partial charge >= 0.3 is 6.09 Å². The molecule has 3 heterocycles. The van der Waals surface area contributed by atoms with Crippen molar-refractivity contribution < 1.29 is 19.0 Å². The number of ether oxygens (including phenoxy) is 3. The lowest BCUT2D eigenvalue weighted by Gasteiger charge is -2.17. The van der Waals surface area contributed by atoms with Crippen molar-refractivity contribution in [3.8, 4) is 16.2 Å². The number of aromatic nitrogens is 2. The van der Waals surface area contributed by atoms with Gasteiger partial charge in [-0.3, -0.25) is 0 Å². The number of amides is 1. The van der Waals surface area contributed by atoms with E-state index in [1.165, 1.54) is 0 Å². The number of nitrogens with two attached hydrogens (primary N) is 1. The van der Waals surface area contributed by atoms with Gasteiger partial charge in [0.1, 0.15) is 18.5 Å². The van der Waals surface area contributed by atoms with Gasteiger partial charge in [-0.15, -0.1) is 16.4 Å². The number of carbonyl (C=O) groups is 1. The summed E-state index contributed by atoms with van der Waals surface area (Å²) in [7, 11) is 0. The minimum Gasteiger partial charge on any atom is -0.488 e. The molecule has 2 aromatic heterocycles. The van der Waals surface area contributed by atoms with Crippen LogP contribution in [0.5, 0.6) is 5.75 Å². The van der Waals surface area contributed by atoms with Gasteiger partial charge in [-0.05, 0) is 55.3 Å². The van der Waals surface area contributed by atoms with E-state index < -0.39 is 6.09 Å². The van der Waals surface area contributed by atoms with Gasteiger partial charge in [0, 0.05) is 26.9 Å². The van der Waals surface area contributed by atoms with Crippen LogP contribution in [0.4, 0.5) is 10.6 Å². The first-order chi connectivity index (χ1) is 17.5. The van der Waals surface area contributed by atoms with Crippen LogP contribution in [0.1, 0.15) is 35.5 Å². The maximum Gasteiger partial charge on any atom is 0.404 e. The summed E-state index contributed by atoms with van der Waals surface area (Å²) in [6.07, 6.45) is 0.187. The van der Waals surface area contributed by atoms with Crippen molar-refractivity contribution in [3.05, 3.63) is 70.7 Å². The highest BCUT2D eigenvalue weighted by Crippen LogP contribution is 2.36. The van der Waals surface area contributed by atoms with E-state index in [0.717, 1.165) is 56.1 Å². The Balaban J connectivity index is 1.38. The molecule has 4 aromatic rings. The van der Waals surface area contributed by atoms with E-state index in [0.29, 0.717) is 12.4 Å². The second-order valence-electron chi connectivity index (χ2n) is 8.78. The van der Waals surface area contributed by atoms with E-state index >= 15 is 0 Å². The molecule has 9 heteroatoms. The molecule has 2 aromatic carbocycles. The number of rotatable bonds is 8. The summed E-state index contributed by atoms with van der Waals surface area (Å²) in [5.74, 6) is 1.51. The third kappa shape index (κ3) is 5.27. The number of benzene rings is 2.